The Morgan fingerprint density at radius 2 is 1.84 bits per heavy atom. The molecule has 0 spiro atoms. The summed E-state index contributed by atoms with van der Waals surface area (Å²) in [6, 6.07) is 10.6. The average Bonchev–Trinajstić information content (AvgIpc) is 3.27. The highest BCUT2D eigenvalue weighted by Gasteiger charge is 2.30. The van der Waals surface area contributed by atoms with Crippen LogP contribution >= 0.6 is 0 Å². The summed E-state index contributed by atoms with van der Waals surface area (Å²) >= 11 is 0. The van der Waals surface area contributed by atoms with Gasteiger partial charge in [-0.3, -0.25) is 14.2 Å². The van der Waals surface area contributed by atoms with E-state index < -0.39 is 24.1 Å². The molecule has 4 aromatic rings. The molecule has 0 aliphatic rings. The summed E-state index contributed by atoms with van der Waals surface area (Å²) in [4.78, 5) is 29.9. The Hall–Kier alpha value is -3.69. The van der Waals surface area contributed by atoms with Crippen LogP contribution in [-0.2, 0) is 13.1 Å². The van der Waals surface area contributed by atoms with Gasteiger partial charge in [-0.15, -0.1) is 0 Å². The van der Waals surface area contributed by atoms with Crippen molar-refractivity contribution in [2.75, 3.05) is 0 Å². The number of ketones is 1. The van der Waals surface area contributed by atoms with Crippen LogP contribution in [0.2, 0.25) is 0 Å². The molecular weight excluding hydrogens is 411 g/mol. The number of carbonyl (C=O) groups is 1. The van der Waals surface area contributed by atoms with Gasteiger partial charge in [0.2, 0.25) is 0 Å². The number of hydrogen-bond acceptors (Lipinski definition) is 4. The van der Waals surface area contributed by atoms with Gasteiger partial charge >= 0.3 is 6.18 Å². The minimum Gasteiger partial charge on any atom is -0.339 e. The smallest absolute Gasteiger partial charge is 0.339 e. The first kappa shape index (κ1) is 20.6. The Balaban J connectivity index is 1.65. The van der Waals surface area contributed by atoms with Crippen molar-refractivity contribution in [1.82, 2.24) is 23.9 Å². The van der Waals surface area contributed by atoms with Crippen LogP contribution in [0.5, 0.6) is 0 Å². The summed E-state index contributed by atoms with van der Waals surface area (Å²) in [5, 5.41) is 4.45. The van der Waals surface area contributed by atoms with E-state index >= 15 is 0 Å². The number of carbonyl (C=O) groups excluding carboxylic acids is 1. The van der Waals surface area contributed by atoms with Crippen LogP contribution in [0.4, 0.5) is 13.2 Å². The van der Waals surface area contributed by atoms with Crippen molar-refractivity contribution in [1.29, 1.82) is 0 Å². The largest absolute Gasteiger partial charge is 0.406 e. The molecule has 3 aromatic heterocycles. The third kappa shape index (κ3) is 3.88. The zero-order chi connectivity index (χ0) is 22.3. The van der Waals surface area contributed by atoms with Crippen molar-refractivity contribution in [2.45, 2.75) is 33.1 Å². The zero-order valence-corrected chi connectivity index (χ0v) is 16.7. The predicted molar refractivity (Wildman–Crippen MR) is 107 cm³/mol. The van der Waals surface area contributed by atoms with E-state index in [-0.39, 0.29) is 23.2 Å². The van der Waals surface area contributed by atoms with Crippen molar-refractivity contribution in [3.8, 4) is 5.69 Å². The lowest BCUT2D eigenvalue weighted by atomic mass is 10.1. The molecule has 31 heavy (non-hydrogen) atoms. The molecule has 0 radical (unpaired) electrons. The Morgan fingerprint density at radius 3 is 2.52 bits per heavy atom. The zero-order valence-electron chi connectivity index (χ0n) is 16.7. The average molecular weight is 429 g/mol. The Morgan fingerprint density at radius 1 is 1.13 bits per heavy atom. The van der Waals surface area contributed by atoms with Gasteiger partial charge in [-0.1, -0.05) is 18.2 Å². The summed E-state index contributed by atoms with van der Waals surface area (Å²) < 4.78 is 42.2. The molecule has 4 rings (SSSR count). The van der Waals surface area contributed by atoms with Crippen molar-refractivity contribution in [3.63, 3.8) is 0 Å². The highest BCUT2D eigenvalue weighted by Crippen LogP contribution is 2.23. The van der Waals surface area contributed by atoms with E-state index in [1.54, 1.807) is 0 Å². The summed E-state index contributed by atoms with van der Waals surface area (Å²) in [7, 11) is 0. The van der Waals surface area contributed by atoms with Crippen molar-refractivity contribution >= 4 is 16.8 Å². The molecule has 160 valence electrons. The van der Waals surface area contributed by atoms with E-state index in [2.05, 4.69) is 10.1 Å². The Labute approximate surface area is 174 Å². The van der Waals surface area contributed by atoms with Gasteiger partial charge in [0, 0.05) is 17.0 Å². The van der Waals surface area contributed by atoms with Gasteiger partial charge in [-0.2, -0.15) is 18.3 Å². The molecule has 0 amide bonds. The second-order valence-corrected chi connectivity index (χ2v) is 7.22. The fraction of sp³-hybridized carbons (Fsp3) is 0.238. The van der Waals surface area contributed by atoms with E-state index in [1.165, 1.54) is 37.1 Å². The number of nitrogens with zero attached hydrogens (tertiary/aromatic N) is 5. The van der Waals surface area contributed by atoms with Gasteiger partial charge < -0.3 is 4.57 Å². The van der Waals surface area contributed by atoms with Crippen LogP contribution in [0.25, 0.3) is 16.7 Å². The fourth-order valence-electron chi connectivity index (χ4n) is 3.57. The topological polar surface area (TPSA) is 74.7 Å². The minimum absolute atomic E-state index is 0.147. The number of para-hydroxylation sites is 1. The first-order chi connectivity index (χ1) is 14.7. The minimum atomic E-state index is -4.40. The van der Waals surface area contributed by atoms with Crippen LogP contribution in [0.3, 0.4) is 0 Å². The molecule has 10 heteroatoms. The SMILES string of the molecule is Cc1cc(C(=O)Cn2cnc3c(cnn3-c3ccccc3)c2=O)c(C)n1CC(F)(F)F. The molecule has 0 aliphatic heterocycles. The Kier molecular flexibility index (Phi) is 5.00. The third-order valence-corrected chi connectivity index (χ3v) is 5.08. The quantitative estimate of drug-likeness (QED) is 0.456. The van der Waals surface area contributed by atoms with Crippen LogP contribution in [0.1, 0.15) is 21.7 Å². The number of Topliss-reactive ketones (excluding diaryl/α,β-unsaturated/α-hetero) is 1. The maximum Gasteiger partial charge on any atom is 0.406 e. The molecule has 1 aromatic carbocycles. The number of aromatic nitrogens is 5. The van der Waals surface area contributed by atoms with Gasteiger partial charge in [0.05, 0.1) is 18.4 Å². The molecule has 0 bridgehead atoms. The number of rotatable bonds is 5. The molecule has 0 saturated heterocycles. The van der Waals surface area contributed by atoms with Crippen LogP contribution in [0, 0.1) is 13.8 Å². The lowest BCUT2D eigenvalue weighted by molar-refractivity contribution is -0.141. The van der Waals surface area contributed by atoms with Gasteiger partial charge in [-0.05, 0) is 32.0 Å². The molecular formula is C21H18F3N5O2. The maximum atomic E-state index is 12.8. The van der Waals surface area contributed by atoms with Gasteiger partial charge in [0.25, 0.3) is 5.56 Å². The normalized spacial score (nSPS) is 11.9. The summed E-state index contributed by atoms with van der Waals surface area (Å²) in [5.41, 5.74) is 1.30. The maximum absolute atomic E-state index is 12.8. The Bertz CT molecular complexity index is 1330. The molecule has 0 atom stereocenters. The van der Waals surface area contributed by atoms with E-state index in [4.69, 9.17) is 0 Å². The summed E-state index contributed by atoms with van der Waals surface area (Å²) in [6.45, 7) is 1.45. The summed E-state index contributed by atoms with van der Waals surface area (Å²) in [5.74, 6) is -0.472. The predicted octanol–water partition coefficient (Wildman–Crippen LogP) is 3.45. The van der Waals surface area contributed by atoms with Gasteiger partial charge in [0.15, 0.2) is 11.4 Å². The van der Waals surface area contributed by atoms with Crippen LogP contribution in [-0.4, -0.2) is 35.9 Å². The van der Waals surface area contributed by atoms with Crippen molar-refractivity contribution in [2.24, 2.45) is 0 Å². The lowest BCUT2D eigenvalue weighted by Crippen LogP contribution is -2.25. The van der Waals surface area contributed by atoms with Gasteiger partial charge in [0.1, 0.15) is 18.3 Å². The third-order valence-electron chi connectivity index (χ3n) is 5.08. The lowest BCUT2D eigenvalue weighted by Gasteiger charge is -2.12. The molecule has 3 heterocycles. The highest BCUT2D eigenvalue weighted by molar-refractivity contribution is 5.97. The van der Waals surface area contributed by atoms with E-state index in [9.17, 15) is 22.8 Å². The molecule has 0 unspecified atom stereocenters. The molecule has 7 nitrogen and oxygen atoms in total. The highest BCUT2D eigenvalue weighted by atomic mass is 19.4. The van der Waals surface area contributed by atoms with E-state index in [1.807, 2.05) is 30.3 Å². The number of benzene rings is 1. The molecule has 0 aliphatic carbocycles. The second kappa shape index (κ2) is 7.53. The van der Waals surface area contributed by atoms with E-state index in [0.717, 1.165) is 14.8 Å². The fourth-order valence-corrected chi connectivity index (χ4v) is 3.57. The molecule has 0 saturated carbocycles. The second-order valence-electron chi connectivity index (χ2n) is 7.22. The monoisotopic (exact) mass is 429 g/mol. The first-order valence-electron chi connectivity index (χ1n) is 9.41. The number of hydrogen-bond donors (Lipinski definition) is 0. The van der Waals surface area contributed by atoms with Gasteiger partial charge in [-0.25, -0.2) is 9.67 Å². The van der Waals surface area contributed by atoms with Crippen LogP contribution < -0.4 is 5.56 Å². The van der Waals surface area contributed by atoms with Crippen molar-refractivity contribution < 1.29 is 18.0 Å². The van der Waals surface area contributed by atoms with Crippen molar-refractivity contribution in [3.05, 3.63) is 76.2 Å². The number of aryl methyl sites for hydroxylation is 1. The number of halogens is 3. The van der Waals surface area contributed by atoms with E-state index in [0.29, 0.717) is 11.3 Å². The number of alkyl halides is 3. The standard InChI is InChI=1S/C21H18F3N5O2/c1-13-8-16(14(2)28(13)11-21(22,23)24)18(30)10-27-12-25-19-17(20(27)31)9-26-29(19)15-6-4-3-5-7-15/h3-9,12H,10-11H2,1-2H3. The summed E-state index contributed by atoms with van der Waals surface area (Å²) in [6.07, 6.45) is -1.77. The molecule has 0 fully saturated rings. The van der Waals surface area contributed by atoms with Crippen LogP contribution in [0.15, 0.2) is 53.7 Å². The first-order valence-corrected chi connectivity index (χ1v) is 9.41. The molecule has 0 N–H and O–H groups in total. The number of fused-ring (bicyclic) bond motifs is 1.